The summed E-state index contributed by atoms with van der Waals surface area (Å²) in [5.74, 6) is 0.864. The first kappa shape index (κ1) is 16.6. The maximum Gasteiger partial charge on any atom is 0.317 e. The van der Waals surface area contributed by atoms with Crippen molar-refractivity contribution in [1.29, 1.82) is 0 Å². The molecule has 1 saturated heterocycles. The van der Waals surface area contributed by atoms with E-state index < -0.39 is 0 Å². The summed E-state index contributed by atoms with van der Waals surface area (Å²) in [7, 11) is 0. The second-order valence-electron chi connectivity index (χ2n) is 5.97. The van der Waals surface area contributed by atoms with E-state index in [0.717, 1.165) is 24.3 Å². The van der Waals surface area contributed by atoms with Crippen molar-refractivity contribution in [3.05, 3.63) is 40.9 Å². The number of amides is 2. The Morgan fingerprint density at radius 3 is 3.04 bits per heavy atom. The van der Waals surface area contributed by atoms with Crippen LogP contribution in [0.1, 0.15) is 17.7 Å². The number of benzene rings is 1. The number of ether oxygens (including phenoxy) is 1. The lowest BCUT2D eigenvalue weighted by Gasteiger charge is -2.38. The number of aromatic nitrogens is 1. The molecule has 7 heteroatoms. The zero-order chi connectivity index (χ0) is 16.9. The summed E-state index contributed by atoms with van der Waals surface area (Å²) >= 11 is 1.45. The summed E-state index contributed by atoms with van der Waals surface area (Å²) < 4.78 is 5.86. The maximum atomic E-state index is 12.0. The van der Waals surface area contributed by atoms with E-state index in [1.54, 1.807) is 4.90 Å². The highest BCUT2D eigenvalue weighted by Gasteiger charge is 2.32. The normalized spacial score (nSPS) is 14.3. The summed E-state index contributed by atoms with van der Waals surface area (Å²) in [6.45, 7) is 3.92. The summed E-state index contributed by atoms with van der Waals surface area (Å²) in [5, 5.41) is 5.48. The van der Waals surface area contributed by atoms with Gasteiger partial charge >= 0.3 is 6.03 Å². The molecule has 1 aromatic heterocycles. The quantitative estimate of drug-likeness (QED) is 0.787. The number of hydrogen-bond acceptors (Lipinski definition) is 5. The van der Waals surface area contributed by atoms with Gasteiger partial charge in [-0.25, -0.2) is 9.78 Å². The molecule has 1 aromatic carbocycles. The fourth-order valence-corrected chi connectivity index (χ4v) is 3.17. The number of nitrogens with zero attached hydrogens (tertiary/aromatic N) is 2. The molecule has 6 nitrogen and oxygen atoms in total. The smallest absolute Gasteiger partial charge is 0.317 e. The van der Waals surface area contributed by atoms with Crippen LogP contribution in [0.4, 0.5) is 9.93 Å². The number of likely N-dealkylation sites (tertiary alicyclic amines) is 1. The van der Waals surface area contributed by atoms with Crippen LogP contribution >= 0.6 is 11.3 Å². The van der Waals surface area contributed by atoms with E-state index in [0.29, 0.717) is 24.8 Å². The molecule has 0 radical (unpaired) electrons. The third-order valence-electron chi connectivity index (χ3n) is 3.88. The molecule has 24 heavy (non-hydrogen) atoms. The minimum absolute atomic E-state index is 0.0307. The molecule has 1 aliphatic heterocycles. The standard InChI is InChI=1S/C17H22N4O2S/c1-12-4-2-6-14(8-12)23-15-9-21(10-15)17(22)19-7-3-5-13-11-24-16(18)20-13/h2,4,6,8,11,15H,3,5,7,9-10H2,1H3,(H2,18,20)(H,19,22). The average molecular weight is 346 g/mol. The van der Waals surface area contributed by atoms with Crippen LogP contribution in [-0.4, -0.2) is 41.7 Å². The molecule has 2 aromatic rings. The summed E-state index contributed by atoms with van der Waals surface area (Å²) in [4.78, 5) is 18.0. The highest BCUT2D eigenvalue weighted by Crippen LogP contribution is 2.19. The molecule has 0 aliphatic carbocycles. The molecule has 3 rings (SSSR count). The van der Waals surface area contributed by atoms with Crippen LogP contribution in [0.25, 0.3) is 0 Å². The van der Waals surface area contributed by atoms with E-state index in [4.69, 9.17) is 10.5 Å². The van der Waals surface area contributed by atoms with Crippen LogP contribution in [-0.2, 0) is 6.42 Å². The van der Waals surface area contributed by atoms with E-state index in [-0.39, 0.29) is 12.1 Å². The average Bonchev–Trinajstić information content (AvgIpc) is 2.92. The van der Waals surface area contributed by atoms with Gasteiger partial charge in [-0.3, -0.25) is 0 Å². The number of anilines is 1. The molecule has 0 bridgehead atoms. The number of aryl methyl sites for hydroxylation is 2. The lowest BCUT2D eigenvalue weighted by atomic mass is 10.1. The number of carbonyl (C=O) groups excluding carboxylic acids is 1. The third kappa shape index (κ3) is 4.38. The highest BCUT2D eigenvalue weighted by molar-refractivity contribution is 7.13. The van der Waals surface area contributed by atoms with Crippen molar-refractivity contribution in [3.8, 4) is 5.75 Å². The second kappa shape index (κ2) is 7.53. The molecule has 3 N–H and O–H groups in total. The first-order valence-electron chi connectivity index (χ1n) is 8.06. The van der Waals surface area contributed by atoms with Crippen molar-refractivity contribution < 1.29 is 9.53 Å². The van der Waals surface area contributed by atoms with Gasteiger partial charge in [0.25, 0.3) is 0 Å². The summed E-state index contributed by atoms with van der Waals surface area (Å²) in [6, 6.07) is 7.93. The predicted molar refractivity (Wildman–Crippen MR) is 95.4 cm³/mol. The monoisotopic (exact) mass is 346 g/mol. The van der Waals surface area contributed by atoms with Crippen LogP contribution < -0.4 is 15.8 Å². The van der Waals surface area contributed by atoms with E-state index in [1.807, 2.05) is 36.6 Å². The van der Waals surface area contributed by atoms with Crippen molar-refractivity contribution in [2.45, 2.75) is 25.9 Å². The molecule has 0 atom stereocenters. The van der Waals surface area contributed by atoms with Gasteiger partial charge in [-0.2, -0.15) is 0 Å². The first-order chi connectivity index (χ1) is 11.6. The Labute approximate surface area is 145 Å². The zero-order valence-electron chi connectivity index (χ0n) is 13.7. The molecule has 1 aliphatic rings. The number of hydrogen-bond donors (Lipinski definition) is 2. The number of nitrogens with two attached hydrogens (primary N) is 1. The topological polar surface area (TPSA) is 80.5 Å². The number of urea groups is 1. The van der Waals surface area contributed by atoms with Crippen molar-refractivity contribution >= 4 is 22.5 Å². The maximum absolute atomic E-state index is 12.0. The minimum atomic E-state index is -0.0307. The Balaban J connectivity index is 1.31. The molecular formula is C17H22N4O2S. The van der Waals surface area contributed by atoms with Crippen LogP contribution in [0.2, 0.25) is 0 Å². The molecule has 0 spiro atoms. The van der Waals surface area contributed by atoms with Gasteiger partial charge in [-0.05, 0) is 37.5 Å². The van der Waals surface area contributed by atoms with Crippen molar-refractivity contribution in [2.75, 3.05) is 25.4 Å². The van der Waals surface area contributed by atoms with Gasteiger partial charge in [0.1, 0.15) is 11.9 Å². The molecular weight excluding hydrogens is 324 g/mol. The summed E-state index contributed by atoms with van der Waals surface area (Å²) in [5.41, 5.74) is 7.75. The van der Waals surface area contributed by atoms with Gasteiger partial charge in [-0.1, -0.05) is 12.1 Å². The Hall–Kier alpha value is -2.28. The van der Waals surface area contributed by atoms with Gasteiger partial charge in [-0.15, -0.1) is 11.3 Å². The fraction of sp³-hybridized carbons (Fsp3) is 0.412. The SMILES string of the molecule is Cc1cccc(OC2CN(C(=O)NCCCc3csc(N)n3)C2)c1. The van der Waals surface area contributed by atoms with Crippen LogP contribution in [0, 0.1) is 6.92 Å². The van der Waals surface area contributed by atoms with E-state index in [2.05, 4.69) is 10.3 Å². The Bertz CT molecular complexity index is 697. The van der Waals surface area contributed by atoms with Crippen molar-refractivity contribution in [3.63, 3.8) is 0 Å². The largest absolute Gasteiger partial charge is 0.487 e. The van der Waals surface area contributed by atoms with E-state index >= 15 is 0 Å². The van der Waals surface area contributed by atoms with Crippen molar-refractivity contribution in [2.24, 2.45) is 0 Å². The van der Waals surface area contributed by atoms with Gasteiger partial charge in [0.05, 0.1) is 18.8 Å². The number of rotatable bonds is 6. The van der Waals surface area contributed by atoms with Gasteiger partial charge in [0, 0.05) is 11.9 Å². The lowest BCUT2D eigenvalue weighted by molar-refractivity contribution is 0.0445. The number of nitrogens with one attached hydrogen (secondary N) is 1. The van der Waals surface area contributed by atoms with Gasteiger partial charge < -0.3 is 20.7 Å². The van der Waals surface area contributed by atoms with E-state index in [9.17, 15) is 4.79 Å². The van der Waals surface area contributed by atoms with Crippen molar-refractivity contribution in [1.82, 2.24) is 15.2 Å². The zero-order valence-corrected chi connectivity index (χ0v) is 14.5. The highest BCUT2D eigenvalue weighted by atomic mass is 32.1. The molecule has 0 saturated carbocycles. The molecule has 128 valence electrons. The van der Waals surface area contributed by atoms with E-state index in [1.165, 1.54) is 16.9 Å². The Morgan fingerprint density at radius 1 is 1.50 bits per heavy atom. The number of nitrogen functional groups attached to an aromatic ring is 1. The summed E-state index contributed by atoms with van der Waals surface area (Å²) in [6.07, 6.45) is 1.76. The van der Waals surface area contributed by atoms with Gasteiger partial charge in [0.15, 0.2) is 5.13 Å². The Kier molecular flexibility index (Phi) is 5.20. The Morgan fingerprint density at radius 2 is 2.33 bits per heavy atom. The number of thiazole rings is 1. The fourth-order valence-electron chi connectivity index (χ4n) is 2.57. The molecule has 2 heterocycles. The minimum Gasteiger partial charge on any atom is -0.487 e. The van der Waals surface area contributed by atoms with Gasteiger partial charge in [0.2, 0.25) is 0 Å². The molecule has 1 fully saturated rings. The first-order valence-corrected chi connectivity index (χ1v) is 8.94. The van der Waals surface area contributed by atoms with Crippen LogP contribution in [0.15, 0.2) is 29.6 Å². The number of carbonyl (C=O) groups is 1. The van der Waals surface area contributed by atoms with Crippen LogP contribution in [0.3, 0.4) is 0 Å². The molecule has 2 amide bonds. The predicted octanol–water partition coefficient (Wildman–Crippen LogP) is 2.44. The molecule has 0 unspecified atom stereocenters. The third-order valence-corrected chi connectivity index (χ3v) is 4.61. The second-order valence-corrected chi connectivity index (χ2v) is 6.86. The lowest BCUT2D eigenvalue weighted by Crippen LogP contribution is -2.58. The van der Waals surface area contributed by atoms with Crippen LogP contribution in [0.5, 0.6) is 5.75 Å².